The van der Waals surface area contributed by atoms with Gasteiger partial charge in [-0.1, -0.05) is 65.6 Å². The van der Waals surface area contributed by atoms with Gasteiger partial charge in [0.2, 0.25) is 0 Å². The predicted octanol–water partition coefficient (Wildman–Crippen LogP) is 5.91. The molecule has 2 aromatic rings. The Labute approximate surface area is 134 Å². The van der Waals surface area contributed by atoms with Crippen LogP contribution in [0.2, 0.25) is 5.02 Å². The van der Waals surface area contributed by atoms with Crippen molar-refractivity contribution in [3.63, 3.8) is 0 Å². The van der Waals surface area contributed by atoms with Crippen LogP contribution in [0.15, 0.2) is 46.9 Å². The maximum atomic E-state index is 6.16. The fraction of sp³-hybridized carbons (Fsp3) is 0.294. The van der Waals surface area contributed by atoms with Gasteiger partial charge in [0.25, 0.3) is 0 Å². The lowest BCUT2D eigenvalue weighted by Crippen LogP contribution is -2.00. The first-order valence-electron chi connectivity index (χ1n) is 6.81. The van der Waals surface area contributed by atoms with Gasteiger partial charge in [-0.3, -0.25) is 0 Å². The van der Waals surface area contributed by atoms with Gasteiger partial charge in [-0.25, -0.2) is 0 Å². The van der Waals surface area contributed by atoms with E-state index in [1.54, 1.807) is 0 Å². The molecule has 0 bridgehead atoms. The monoisotopic (exact) mass is 351 g/mol. The van der Waals surface area contributed by atoms with Crippen molar-refractivity contribution in [2.75, 3.05) is 5.32 Å². The zero-order chi connectivity index (χ0) is 14.5. The van der Waals surface area contributed by atoms with Gasteiger partial charge in [-0.2, -0.15) is 0 Å². The van der Waals surface area contributed by atoms with Crippen LogP contribution in [0.1, 0.15) is 25.0 Å². The summed E-state index contributed by atoms with van der Waals surface area (Å²) in [7, 11) is 0. The van der Waals surface area contributed by atoms with Gasteiger partial charge in [-0.05, 0) is 41.7 Å². The summed E-state index contributed by atoms with van der Waals surface area (Å²) >= 11 is 9.62. The Hall–Kier alpha value is -0.990. The Morgan fingerprint density at radius 1 is 1.05 bits per heavy atom. The van der Waals surface area contributed by atoms with Crippen molar-refractivity contribution in [2.24, 2.45) is 5.92 Å². The lowest BCUT2D eigenvalue weighted by Gasteiger charge is -2.10. The zero-order valence-electron chi connectivity index (χ0n) is 11.8. The van der Waals surface area contributed by atoms with Gasteiger partial charge in [0.1, 0.15) is 0 Å². The zero-order valence-corrected chi connectivity index (χ0v) is 14.1. The molecule has 1 N–H and O–H groups in total. The number of benzene rings is 2. The molecular formula is C17H19BrClN. The third-order valence-corrected chi connectivity index (χ3v) is 3.90. The normalized spacial score (nSPS) is 10.8. The largest absolute Gasteiger partial charge is 0.380 e. The van der Waals surface area contributed by atoms with Crippen LogP contribution in [0.4, 0.5) is 5.69 Å². The molecule has 0 unspecified atom stereocenters. The molecule has 0 amide bonds. The number of rotatable bonds is 5. The number of halogens is 2. The van der Waals surface area contributed by atoms with Crippen molar-refractivity contribution < 1.29 is 0 Å². The quantitative estimate of drug-likeness (QED) is 0.705. The Morgan fingerprint density at radius 2 is 1.70 bits per heavy atom. The summed E-state index contributed by atoms with van der Waals surface area (Å²) in [5, 5.41) is 4.11. The Morgan fingerprint density at radius 3 is 2.35 bits per heavy atom. The topological polar surface area (TPSA) is 12.0 Å². The molecule has 0 atom stereocenters. The minimum atomic E-state index is 0.694. The predicted molar refractivity (Wildman–Crippen MR) is 91.5 cm³/mol. The Bertz CT molecular complexity index is 564. The molecule has 0 aliphatic heterocycles. The molecule has 0 saturated carbocycles. The molecule has 2 aromatic carbocycles. The summed E-state index contributed by atoms with van der Waals surface area (Å²) in [6.07, 6.45) is 1.13. The van der Waals surface area contributed by atoms with Crippen molar-refractivity contribution in [3.8, 4) is 0 Å². The Kier molecular flexibility index (Phi) is 5.50. The smallest absolute Gasteiger partial charge is 0.0638 e. The minimum Gasteiger partial charge on any atom is -0.380 e. The van der Waals surface area contributed by atoms with Crippen LogP contribution in [0.3, 0.4) is 0 Å². The third kappa shape index (κ3) is 4.53. The van der Waals surface area contributed by atoms with E-state index in [2.05, 4.69) is 59.4 Å². The van der Waals surface area contributed by atoms with Crippen LogP contribution >= 0.6 is 27.5 Å². The molecule has 0 aliphatic carbocycles. The van der Waals surface area contributed by atoms with Gasteiger partial charge in [0.05, 0.1) is 10.7 Å². The molecule has 1 nitrogen and oxygen atoms in total. The van der Waals surface area contributed by atoms with E-state index in [1.165, 1.54) is 11.1 Å². The SMILES string of the molecule is CC(C)Cc1ccc(CNc2cc(Br)ccc2Cl)cc1. The average molecular weight is 353 g/mol. The molecule has 2 rings (SSSR count). The third-order valence-electron chi connectivity index (χ3n) is 3.08. The van der Waals surface area contributed by atoms with Gasteiger partial charge >= 0.3 is 0 Å². The van der Waals surface area contributed by atoms with Crippen molar-refractivity contribution in [2.45, 2.75) is 26.8 Å². The second-order valence-corrected chi connectivity index (χ2v) is 6.72. The minimum absolute atomic E-state index is 0.694. The van der Waals surface area contributed by atoms with Crippen LogP contribution in [0, 0.1) is 5.92 Å². The maximum absolute atomic E-state index is 6.16. The van der Waals surface area contributed by atoms with Crippen LogP contribution in [0.25, 0.3) is 0 Å². The van der Waals surface area contributed by atoms with Crippen molar-refractivity contribution in [1.82, 2.24) is 0 Å². The van der Waals surface area contributed by atoms with E-state index in [4.69, 9.17) is 11.6 Å². The van der Waals surface area contributed by atoms with E-state index in [0.29, 0.717) is 5.92 Å². The van der Waals surface area contributed by atoms with E-state index in [0.717, 1.165) is 28.1 Å². The fourth-order valence-corrected chi connectivity index (χ4v) is 2.64. The van der Waals surface area contributed by atoms with Crippen molar-refractivity contribution in [1.29, 1.82) is 0 Å². The first-order valence-corrected chi connectivity index (χ1v) is 7.98. The summed E-state index contributed by atoms with van der Waals surface area (Å²) in [6, 6.07) is 14.6. The van der Waals surface area contributed by atoms with Gasteiger partial charge in [0.15, 0.2) is 0 Å². The lowest BCUT2D eigenvalue weighted by molar-refractivity contribution is 0.647. The molecule has 106 valence electrons. The van der Waals surface area contributed by atoms with Crippen LogP contribution < -0.4 is 5.32 Å². The molecule has 0 radical (unpaired) electrons. The van der Waals surface area contributed by atoms with Crippen LogP contribution in [-0.4, -0.2) is 0 Å². The highest BCUT2D eigenvalue weighted by molar-refractivity contribution is 9.10. The van der Waals surface area contributed by atoms with Gasteiger partial charge in [0, 0.05) is 11.0 Å². The number of anilines is 1. The van der Waals surface area contributed by atoms with E-state index < -0.39 is 0 Å². The number of nitrogens with one attached hydrogen (secondary N) is 1. The van der Waals surface area contributed by atoms with Gasteiger partial charge in [-0.15, -0.1) is 0 Å². The van der Waals surface area contributed by atoms with Crippen LogP contribution in [0.5, 0.6) is 0 Å². The standard InChI is InChI=1S/C17H19BrClN/c1-12(2)9-13-3-5-14(6-4-13)11-20-17-10-15(18)7-8-16(17)19/h3-8,10,12,20H,9,11H2,1-2H3. The van der Waals surface area contributed by atoms with Crippen molar-refractivity contribution >= 4 is 33.2 Å². The molecule has 0 heterocycles. The molecule has 0 aliphatic rings. The second kappa shape index (κ2) is 7.14. The first kappa shape index (κ1) is 15.4. The summed E-state index contributed by atoms with van der Waals surface area (Å²) in [5.74, 6) is 0.694. The van der Waals surface area contributed by atoms with Crippen molar-refractivity contribution in [3.05, 3.63) is 63.1 Å². The molecule has 0 spiro atoms. The van der Waals surface area contributed by atoms with Gasteiger partial charge < -0.3 is 5.32 Å². The van der Waals surface area contributed by atoms with E-state index in [9.17, 15) is 0 Å². The Balaban J connectivity index is 1.98. The number of hydrogen-bond donors (Lipinski definition) is 1. The molecule has 20 heavy (non-hydrogen) atoms. The number of hydrogen-bond acceptors (Lipinski definition) is 1. The summed E-state index contributed by atoms with van der Waals surface area (Å²) < 4.78 is 1.02. The summed E-state index contributed by atoms with van der Waals surface area (Å²) in [6.45, 7) is 5.26. The summed E-state index contributed by atoms with van der Waals surface area (Å²) in [5.41, 5.74) is 3.60. The van der Waals surface area contributed by atoms with E-state index >= 15 is 0 Å². The van der Waals surface area contributed by atoms with E-state index in [-0.39, 0.29) is 0 Å². The molecule has 0 fully saturated rings. The molecule has 0 aromatic heterocycles. The lowest BCUT2D eigenvalue weighted by atomic mass is 10.0. The second-order valence-electron chi connectivity index (χ2n) is 5.39. The summed E-state index contributed by atoms with van der Waals surface area (Å²) in [4.78, 5) is 0. The van der Waals surface area contributed by atoms with E-state index in [1.807, 2.05) is 18.2 Å². The molecular weight excluding hydrogens is 334 g/mol. The molecule has 3 heteroatoms. The maximum Gasteiger partial charge on any atom is 0.0638 e. The highest BCUT2D eigenvalue weighted by Crippen LogP contribution is 2.26. The first-order chi connectivity index (χ1) is 9.54. The fourth-order valence-electron chi connectivity index (χ4n) is 2.09. The average Bonchev–Trinajstić information content (AvgIpc) is 2.41. The highest BCUT2D eigenvalue weighted by atomic mass is 79.9. The molecule has 0 saturated heterocycles. The highest BCUT2D eigenvalue weighted by Gasteiger charge is 2.02. The van der Waals surface area contributed by atoms with Crippen LogP contribution in [-0.2, 0) is 13.0 Å².